The Morgan fingerprint density at radius 2 is 1.85 bits per heavy atom. The molecule has 0 unspecified atom stereocenters. The molecule has 0 radical (unpaired) electrons. The topological polar surface area (TPSA) is 59.1 Å². The van der Waals surface area contributed by atoms with Gasteiger partial charge in [0.25, 0.3) is 5.91 Å². The zero-order valence-corrected chi connectivity index (χ0v) is 15.5. The summed E-state index contributed by atoms with van der Waals surface area (Å²) in [6.45, 7) is 6.64. The fourth-order valence-electron chi connectivity index (χ4n) is 3.51. The van der Waals surface area contributed by atoms with E-state index in [2.05, 4.69) is 0 Å². The first-order valence-electron chi connectivity index (χ1n) is 9.55. The number of ether oxygens (including phenoxy) is 2. The van der Waals surface area contributed by atoms with Crippen LogP contribution in [0, 0.1) is 5.92 Å². The summed E-state index contributed by atoms with van der Waals surface area (Å²) in [5.74, 6) is 1.40. The molecule has 0 spiro atoms. The van der Waals surface area contributed by atoms with Gasteiger partial charge in [0.05, 0.1) is 19.8 Å². The summed E-state index contributed by atoms with van der Waals surface area (Å²) in [6, 6.07) is 7.35. The SMILES string of the molecule is CCC(=O)N1CCC[C@H](COc2ccc(C(=O)N3CCOCC3)cc2)C1. The maximum Gasteiger partial charge on any atom is 0.254 e. The van der Waals surface area contributed by atoms with E-state index < -0.39 is 0 Å². The second-order valence-corrected chi connectivity index (χ2v) is 6.94. The molecule has 3 rings (SSSR count). The lowest BCUT2D eigenvalue weighted by atomic mass is 9.99. The lowest BCUT2D eigenvalue weighted by molar-refractivity contribution is -0.132. The van der Waals surface area contributed by atoms with Crippen molar-refractivity contribution in [2.24, 2.45) is 5.92 Å². The van der Waals surface area contributed by atoms with Crippen LogP contribution in [0.5, 0.6) is 5.75 Å². The van der Waals surface area contributed by atoms with E-state index in [9.17, 15) is 9.59 Å². The first-order chi connectivity index (χ1) is 12.7. The molecule has 2 saturated heterocycles. The first-order valence-corrected chi connectivity index (χ1v) is 9.55. The minimum Gasteiger partial charge on any atom is -0.493 e. The summed E-state index contributed by atoms with van der Waals surface area (Å²) >= 11 is 0. The van der Waals surface area contributed by atoms with Gasteiger partial charge in [-0.1, -0.05) is 6.92 Å². The van der Waals surface area contributed by atoms with Crippen LogP contribution in [-0.2, 0) is 9.53 Å². The molecule has 0 saturated carbocycles. The standard InChI is InChI=1S/C20H28N2O4/c1-2-19(23)22-9-3-4-16(14-22)15-26-18-7-5-17(6-8-18)20(24)21-10-12-25-13-11-21/h5-8,16H,2-4,9-15H2,1H3/t16-/m0/s1. The average molecular weight is 360 g/mol. The zero-order valence-electron chi connectivity index (χ0n) is 15.5. The number of hydrogen-bond donors (Lipinski definition) is 0. The molecule has 6 heteroatoms. The minimum atomic E-state index is 0.0425. The molecule has 0 bridgehead atoms. The van der Waals surface area contributed by atoms with Crippen LogP contribution in [0.3, 0.4) is 0 Å². The highest BCUT2D eigenvalue weighted by Gasteiger charge is 2.23. The summed E-state index contributed by atoms with van der Waals surface area (Å²) in [4.78, 5) is 28.1. The van der Waals surface area contributed by atoms with Crippen LogP contribution in [-0.4, -0.2) is 67.6 Å². The van der Waals surface area contributed by atoms with Crippen molar-refractivity contribution in [3.8, 4) is 5.75 Å². The second-order valence-electron chi connectivity index (χ2n) is 6.94. The number of likely N-dealkylation sites (tertiary alicyclic amines) is 1. The van der Waals surface area contributed by atoms with Crippen molar-refractivity contribution in [1.29, 1.82) is 0 Å². The Hall–Kier alpha value is -2.08. The summed E-state index contributed by atoms with van der Waals surface area (Å²) in [7, 11) is 0. The molecule has 2 heterocycles. The molecular formula is C20H28N2O4. The highest BCUT2D eigenvalue weighted by molar-refractivity contribution is 5.94. The number of piperidine rings is 1. The van der Waals surface area contributed by atoms with Crippen molar-refractivity contribution >= 4 is 11.8 Å². The zero-order chi connectivity index (χ0) is 18.4. The maximum absolute atomic E-state index is 12.4. The van der Waals surface area contributed by atoms with Gasteiger partial charge < -0.3 is 19.3 Å². The van der Waals surface area contributed by atoms with Gasteiger partial charge >= 0.3 is 0 Å². The highest BCUT2D eigenvalue weighted by Crippen LogP contribution is 2.20. The van der Waals surface area contributed by atoms with Gasteiger partial charge in [0.1, 0.15) is 5.75 Å². The van der Waals surface area contributed by atoms with Crippen molar-refractivity contribution in [3.05, 3.63) is 29.8 Å². The number of amides is 2. The van der Waals surface area contributed by atoms with Crippen LogP contribution >= 0.6 is 0 Å². The molecule has 1 aromatic carbocycles. The summed E-state index contributed by atoms with van der Waals surface area (Å²) in [5.41, 5.74) is 0.677. The number of carbonyl (C=O) groups excluding carboxylic acids is 2. The lowest BCUT2D eigenvalue weighted by Gasteiger charge is -2.32. The molecule has 1 aromatic rings. The largest absolute Gasteiger partial charge is 0.493 e. The van der Waals surface area contributed by atoms with E-state index in [1.807, 2.05) is 41.0 Å². The van der Waals surface area contributed by atoms with Crippen LogP contribution in [0.15, 0.2) is 24.3 Å². The van der Waals surface area contributed by atoms with Crippen LogP contribution < -0.4 is 4.74 Å². The predicted octanol–water partition coefficient (Wildman–Crippen LogP) is 2.19. The van der Waals surface area contributed by atoms with E-state index in [0.29, 0.717) is 50.8 Å². The van der Waals surface area contributed by atoms with Gasteiger partial charge in [0.2, 0.25) is 5.91 Å². The summed E-state index contributed by atoms with van der Waals surface area (Å²) < 4.78 is 11.2. The number of carbonyl (C=O) groups is 2. The van der Waals surface area contributed by atoms with Crippen molar-refractivity contribution in [3.63, 3.8) is 0 Å². The highest BCUT2D eigenvalue weighted by atomic mass is 16.5. The van der Waals surface area contributed by atoms with Crippen LogP contribution in [0.2, 0.25) is 0 Å². The normalized spacial score (nSPS) is 20.7. The van der Waals surface area contributed by atoms with Gasteiger partial charge in [-0.2, -0.15) is 0 Å². The van der Waals surface area contributed by atoms with Crippen molar-refractivity contribution in [1.82, 2.24) is 9.80 Å². The van der Waals surface area contributed by atoms with E-state index in [4.69, 9.17) is 9.47 Å². The van der Waals surface area contributed by atoms with Crippen molar-refractivity contribution in [2.75, 3.05) is 46.0 Å². The summed E-state index contributed by atoms with van der Waals surface area (Å²) in [6.07, 6.45) is 2.68. The predicted molar refractivity (Wildman–Crippen MR) is 98.3 cm³/mol. The van der Waals surface area contributed by atoms with E-state index in [1.54, 1.807) is 0 Å². The number of nitrogens with zero attached hydrogens (tertiary/aromatic N) is 2. The lowest BCUT2D eigenvalue weighted by Crippen LogP contribution is -2.41. The number of hydrogen-bond acceptors (Lipinski definition) is 4. The molecule has 0 aliphatic carbocycles. The molecule has 6 nitrogen and oxygen atoms in total. The smallest absolute Gasteiger partial charge is 0.254 e. The molecule has 0 N–H and O–H groups in total. The fraction of sp³-hybridized carbons (Fsp3) is 0.600. The van der Waals surface area contributed by atoms with Crippen LogP contribution in [0.25, 0.3) is 0 Å². The molecule has 2 aliphatic rings. The van der Waals surface area contributed by atoms with Gasteiger partial charge in [-0.15, -0.1) is 0 Å². The Balaban J connectivity index is 1.49. The van der Waals surface area contributed by atoms with Crippen molar-refractivity contribution in [2.45, 2.75) is 26.2 Å². The molecule has 1 atom stereocenters. The fourth-order valence-corrected chi connectivity index (χ4v) is 3.51. The van der Waals surface area contributed by atoms with E-state index in [1.165, 1.54) is 0 Å². The van der Waals surface area contributed by atoms with Crippen molar-refractivity contribution < 1.29 is 19.1 Å². The van der Waals surface area contributed by atoms with Crippen LogP contribution in [0.1, 0.15) is 36.5 Å². The Kier molecular flexibility index (Phi) is 6.50. The monoisotopic (exact) mass is 360 g/mol. The van der Waals surface area contributed by atoms with Gasteiger partial charge in [-0.05, 0) is 37.1 Å². The first kappa shape index (κ1) is 18.7. The molecule has 2 aliphatic heterocycles. The van der Waals surface area contributed by atoms with E-state index in [0.717, 1.165) is 31.7 Å². The molecule has 26 heavy (non-hydrogen) atoms. The third-order valence-corrected chi connectivity index (χ3v) is 5.06. The Labute approximate surface area is 155 Å². The second kappa shape index (κ2) is 9.03. The molecule has 0 aromatic heterocycles. The van der Waals surface area contributed by atoms with E-state index >= 15 is 0 Å². The Morgan fingerprint density at radius 1 is 1.12 bits per heavy atom. The van der Waals surface area contributed by atoms with Gasteiger partial charge in [0, 0.05) is 44.1 Å². The maximum atomic E-state index is 12.4. The van der Waals surface area contributed by atoms with Gasteiger partial charge in [-0.25, -0.2) is 0 Å². The molecule has 142 valence electrons. The summed E-state index contributed by atoms with van der Waals surface area (Å²) in [5, 5.41) is 0. The molecular weight excluding hydrogens is 332 g/mol. The number of rotatable bonds is 5. The number of benzene rings is 1. The van der Waals surface area contributed by atoms with Crippen LogP contribution in [0.4, 0.5) is 0 Å². The number of morpholine rings is 1. The van der Waals surface area contributed by atoms with Gasteiger partial charge in [-0.3, -0.25) is 9.59 Å². The Bertz CT molecular complexity index is 611. The third-order valence-electron chi connectivity index (χ3n) is 5.06. The van der Waals surface area contributed by atoms with E-state index in [-0.39, 0.29) is 11.8 Å². The minimum absolute atomic E-state index is 0.0425. The molecule has 2 amide bonds. The van der Waals surface area contributed by atoms with Gasteiger partial charge in [0.15, 0.2) is 0 Å². The third kappa shape index (κ3) is 4.75. The average Bonchev–Trinajstić information content (AvgIpc) is 2.72. The Morgan fingerprint density at radius 3 is 2.54 bits per heavy atom. The quantitative estimate of drug-likeness (QED) is 0.808. The molecule has 2 fully saturated rings.